The lowest BCUT2D eigenvalue weighted by atomic mass is 10.1. The van der Waals surface area contributed by atoms with Crippen LogP contribution in [-0.2, 0) is 30.4 Å². The molecule has 0 unspecified atom stereocenters. The Hall–Kier alpha value is -4.45. The summed E-state index contributed by atoms with van der Waals surface area (Å²) in [4.78, 5) is 22.3. The third kappa shape index (κ3) is 5.30. The topological polar surface area (TPSA) is 119 Å². The molecule has 0 atom stereocenters. The molecule has 0 aliphatic carbocycles. The van der Waals surface area contributed by atoms with E-state index in [1.807, 2.05) is 0 Å². The van der Waals surface area contributed by atoms with Crippen molar-refractivity contribution in [2.75, 3.05) is 23.8 Å². The van der Waals surface area contributed by atoms with Crippen LogP contribution >= 0.6 is 0 Å². The predicted octanol–water partition coefficient (Wildman–Crippen LogP) is 3.86. The number of benzene rings is 1. The summed E-state index contributed by atoms with van der Waals surface area (Å²) in [6, 6.07) is 10.5. The fraction of sp³-hybridized carbons (Fsp3) is 0.231. The number of amides is 1. The molecule has 3 N–H and O–H groups in total. The summed E-state index contributed by atoms with van der Waals surface area (Å²) in [6.45, 7) is 0.739. The maximum Gasteiger partial charge on any atom is 0.433 e. The van der Waals surface area contributed by atoms with Gasteiger partial charge in [0.25, 0.3) is 0 Å². The zero-order chi connectivity index (χ0) is 26.9. The van der Waals surface area contributed by atoms with Gasteiger partial charge in [-0.3, -0.25) is 9.48 Å². The monoisotopic (exact) mass is 524 g/mol. The molecule has 0 spiro atoms. The Balaban J connectivity index is 1.31. The lowest BCUT2D eigenvalue weighted by Gasteiger charge is -2.18. The number of carbonyl (C=O) groups excluding carboxylic acids is 1. The first kappa shape index (κ1) is 25.2. The molecule has 3 aromatic heterocycles. The number of anilines is 2. The summed E-state index contributed by atoms with van der Waals surface area (Å²) in [7, 11) is 0. The zero-order valence-corrected chi connectivity index (χ0v) is 20.0. The van der Waals surface area contributed by atoms with Crippen molar-refractivity contribution in [1.29, 1.82) is 0 Å². The molecule has 9 nitrogen and oxygen atoms in total. The number of alkyl halides is 3. The Morgan fingerprint density at radius 2 is 1.97 bits per heavy atom. The van der Waals surface area contributed by atoms with E-state index >= 15 is 0 Å². The minimum Gasteiger partial charge on any atom is -0.453 e. The number of pyridine rings is 2. The first-order valence-corrected chi connectivity index (χ1v) is 11.7. The van der Waals surface area contributed by atoms with Gasteiger partial charge < -0.3 is 20.5 Å². The van der Waals surface area contributed by atoms with Gasteiger partial charge in [0.1, 0.15) is 11.4 Å². The van der Waals surface area contributed by atoms with Gasteiger partial charge in [-0.15, -0.1) is 0 Å². The van der Waals surface area contributed by atoms with Crippen LogP contribution in [0, 0.1) is 0 Å². The normalized spacial score (nSPS) is 13.0. The van der Waals surface area contributed by atoms with E-state index in [4.69, 9.17) is 15.6 Å². The number of rotatable bonds is 7. The maximum atomic E-state index is 13.0. The molecule has 0 fully saturated rings. The van der Waals surface area contributed by atoms with Gasteiger partial charge in [0.2, 0.25) is 5.91 Å². The lowest BCUT2D eigenvalue weighted by Crippen LogP contribution is -2.30. The van der Waals surface area contributed by atoms with E-state index < -0.39 is 11.9 Å². The number of hydrogen-bond donors (Lipinski definition) is 2. The highest BCUT2D eigenvalue weighted by Crippen LogP contribution is 2.36. The number of nitrogens with zero attached hydrogens (tertiary/aromatic N) is 5. The SMILES string of the molecule is Nc1ncc(-c2cnn(CCO)c2)cc1Oc1ccc2c(c1)CCN2C(=O)Cc1cccc(C(F)(F)F)n1. The van der Waals surface area contributed by atoms with E-state index in [9.17, 15) is 18.0 Å². The number of aromatic nitrogens is 4. The summed E-state index contributed by atoms with van der Waals surface area (Å²) in [5.41, 5.74) is 8.12. The third-order valence-electron chi connectivity index (χ3n) is 6.08. The van der Waals surface area contributed by atoms with Crippen molar-refractivity contribution in [3.8, 4) is 22.6 Å². The summed E-state index contributed by atoms with van der Waals surface area (Å²) in [6.07, 6.45) is 0.785. The molecule has 38 heavy (non-hydrogen) atoms. The molecule has 0 saturated carbocycles. The first-order valence-electron chi connectivity index (χ1n) is 11.7. The summed E-state index contributed by atoms with van der Waals surface area (Å²) in [5, 5.41) is 13.3. The number of ether oxygens (including phenoxy) is 1. The Bertz CT molecular complexity index is 1490. The van der Waals surface area contributed by atoms with Crippen LogP contribution in [0.1, 0.15) is 17.0 Å². The minimum absolute atomic E-state index is 0.0288. The van der Waals surface area contributed by atoms with Crippen LogP contribution in [-0.4, -0.2) is 43.9 Å². The van der Waals surface area contributed by atoms with Crippen molar-refractivity contribution in [3.63, 3.8) is 0 Å². The van der Waals surface area contributed by atoms with E-state index in [0.29, 0.717) is 36.7 Å². The van der Waals surface area contributed by atoms with Crippen molar-refractivity contribution in [2.45, 2.75) is 25.6 Å². The van der Waals surface area contributed by atoms with Crippen LogP contribution in [0.3, 0.4) is 0 Å². The second-order valence-electron chi connectivity index (χ2n) is 8.70. The van der Waals surface area contributed by atoms with Crippen LogP contribution in [0.25, 0.3) is 11.1 Å². The standard InChI is InChI=1S/C26H23F3N6O3/c27-26(28,29)23-3-1-2-19(33-23)12-24(37)35-7-6-16-10-20(4-5-21(16)35)38-22-11-17(13-31-25(22)30)18-14-32-34(15-18)8-9-36/h1-5,10-11,13-15,36H,6-9,12H2,(H2,30,31). The van der Waals surface area contributed by atoms with Crippen molar-refractivity contribution < 1.29 is 27.8 Å². The number of nitrogen functional groups attached to an aromatic ring is 1. The van der Waals surface area contributed by atoms with Gasteiger partial charge in [0.05, 0.1) is 31.5 Å². The predicted molar refractivity (Wildman–Crippen MR) is 132 cm³/mol. The van der Waals surface area contributed by atoms with Crippen LogP contribution in [0.5, 0.6) is 11.5 Å². The fourth-order valence-electron chi connectivity index (χ4n) is 4.25. The molecule has 4 aromatic rings. The summed E-state index contributed by atoms with van der Waals surface area (Å²) in [5.74, 6) is 0.702. The van der Waals surface area contributed by atoms with Crippen LogP contribution in [0.15, 0.2) is 61.1 Å². The highest BCUT2D eigenvalue weighted by molar-refractivity contribution is 5.96. The molecular weight excluding hydrogens is 501 g/mol. The second-order valence-corrected chi connectivity index (χ2v) is 8.70. The maximum absolute atomic E-state index is 13.0. The largest absolute Gasteiger partial charge is 0.453 e. The van der Waals surface area contributed by atoms with E-state index in [-0.39, 0.29) is 30.4 Å². The molecule has 0 radical (unpaired) electrons. The number of nitrogens with two attached hydrogens (primary N) is 1. The van der Waals surface area contributed by atoms with Crippen molar-refractivity contribution in [3.05, 3.63) is 78.0 Å². The minimum atomic E-state index is -4.57. The molecule has 4 heterocycles. The number of aliphatic hydroxyl groups is 1. The van der Waals surface area contributed by atoms with E-state index in [2.05, 4.69) is 15.1 Å². The third-order valence-corrected chi connectivity index (χ3v) is 6.08. The number of halogens is 3. The van der Waals surface area contributed by atoms with Gasteiger partial charge in [0, 0.05) is 35.8 Å². The van der Waals surface area contributed by atoms with Crippen molar-refractivity contribution in [2.24, 2.45) is 0 Å². The number of aliphatic hydroxyl groups excluding tert-OH is 1. The van der Waals surface area contributed by atoms with Gasteiger partial charge in [-0.05, 0) is 48.4 Å². The molecule has 0 saturated heterocycles. The molecule has 12 heteroatoms. The van der Waals surface area contributed by atoms with Gasteiger partial charge in [-0.25, -0.2) is 9.97 Å². The van der Waals surface area contributed by atoms with E-state index in [0.717, 1.165) is 22.8 Å². The summed E-state index contributed by atoms with van der Waals surface area (Å²) < 4.78 is 46.5. The van der Waals surface area contributed by atoms with Crippen molar-refractivity contribution >= 4 is 17.4 Å². The van der Waals surface area contributed by atoms with Crippen molar-refractivity contribution in [1.82, 2.24) is 19.7 Å². The van der Waals surface area contributed by atoms with Crippen LogP contribution < -0.4 is 15.4 Å². The van der Waals surface area contributed by atoms with Crippen LogP contribution in [0.4, 0.5) is 24.7 Å². The Kier molecular flexibility index (Phi) is 6.72. The number of fused-ring (bicyclic) bond motifs is 1. The quantitative estimate of drug-likeness (QED) is 0.377. The molecular formula is C26H23F3N6O3. The smallest absolute Gasteiger partial charge is 0.433 e. The van der Waals surface area contributed by atoms with E-state index in [1.165, 1.54) is 12.1 Å². The molecule has 1 aromatic carbocycles. The van der Waals surface area contributed by atoms with Gasteiger partial charge in [-0.1, -0.05) is 6.07 Å². The highest BCUT2D eigenvalue weighted by Gasteiger charge is 2.33. The lowest BCUT2D eigenvalue weighted by molar-refractivity contribution is -0.141. The Labute approximate surface area is 215 Å². The highest BCUT2D eigenvalue weighted by atomic mass is 19.4. The number of hydrogen-bond acceptors (Lipinski definition) is 7. The average molecular weight is 525 g/mol. The second kappa shape index (κ2) is 10.1. The van der Waals surface area contributed by atoms with Gasteiger partial charge in [0.15, 0.2) is 11.6 Å². The Morgan fingerprint density at radius 3 is 2.76 bits per heavy atom. The fourth-order valence-corrected chi connectivity index (χ4v) is 4.25. The Morgan fingerprint density at radius 1 is 1.13 bits per heavy atom. The molecule has 1 aliphatic rings. The average Bonchev–Trinajstić information content (AvgIpc) is 3.52. The first-order chi connectivity index (χ1) is 18.2. The van der Waals surface area contributed by atoms with Crippen LogP contribution in [0.2, 0.25) is 0 Å². The molecule has 1 aliphatic heterocycles. The van der Waals surface area contributed by atoms with E-state index in [1.54, 1.807) is 52.4 Å². The molecule has 0 bridgehead atoms. The molecule has 196 valence electrons. The van der Waals surface area contributed by atoms with Gasteiger partial charge in [-0.2, -0.15) is 18.3 Å². The van der Waals surface area contributed by atoms with Gasteiger partial charge >= 0.3 is 6.18 Å². The molecule has 1 amide bonds. The number of carbonyl (C=O) groups is 1. The molecule has 5 rings (SSSR count). The zero-order valence-electron chi connectivity index (χ0n) is 20.0. The summed E-state index contributed by atoms with van der Waals surface area (Å²) >= 11 is 0.